The Labute approximate surface area is 122 Å². The van der Waals surface area contributed by atoms with Gasteiger partial charge >= 0.3 is 0 Å². The summed E-state index contributed by atoms with van der Waals surface area (Å²) in [5.41, 5.74) is 1.25. The molecule has 4 heteroatoms. The molecule has 1 unspecified atom stereocenters. The zero-order chi connectivity index (χ0) is 13.3. The van der Waals surface area contributed by atoms with Gasteiger partial charge in [-0.15, -0.1) is 0 Å². The largest absolute Gasteiger partial charge is 0.365 e. The van der Waals surface area contributed by atoms with Crippen molar-refractivity contribution in [2.45, 2.75) is 38.8 Å². The van der Waals surface area contributed by atoms with E-state index in [0.717, 1.165) is 28.8 Å². The van der Waals surface area contributed by atoms with Gasteiger partial charge in [-0.1, -0.05) is 6.92 Å². The zero-order valence-electron chi connectivity index (χ0n) is 11.1. The van der Waals surface area contributed by atoms with Crippen LogP contribution in [0.2, 0.25) is 0 Å². The summed E-state index contributed by atoms with van der Waals surface area (Å²) in [6, 6.07) is 5.55. The van der Waals surface area contributed by atoms with Gasteiger partial charge in [0, 0.05) is 28.2 Å². The fourth-order valence-corrected chi connectivity index (χ4v) is 3.26. The maximum atomic E-state index is 13.2. The second-order valence-electron chi connectivity index (χ2n) is 5.55. The normalized spacial score (nSPS) is 23.2. The van der Waals surface area contributed by atoms with Crippen molar-refractivity contribution >= 4 is 28.3 Å². The molecule has 1 aromatic rings. The molecule has 0 radical (unpaired) electrons. The summed E-state index contributed by atoms with van der Waals surface area (Å²) in [7, 11) is 0. The van der Waals surface area contributed by atoms with Crippen molar-refractivity contribution in [1.29, 1.82) is 0 Å². The minimum absolute atomic E-state index is 0.100. The maximum Gasteiger partial charge on any atom is 0.124 e. The quantitative estimate of drug-likeness (QED) is 0.812. The first kappa shape index (κ1) is 14.1. The smallest absolute Gasteiger partial charge is 0.124 e. The van der Waals surface area contributed by atoms with E-state index < -0.39 is 0 Å². The van der Waals surface area contributed by atoms with Gasteiger partial charge in [-0.05, 0) is 61.1 Å². The molecule has 1 heterocycles. The van der Waals surface area contributed by atoms with Gasteiger partial charge in [0.15, 0.2) is 0 Å². The molecule has 1 aromatic carbocycles. The third kappa shape index (κ3) is 2.96. The number of piperazine rings is 1. The number of rotatable bonds is 2. The monoisotopic (exact) mass is 362 g/mol. The van der Waals surface area contributed by atoms with Crippen molar-refractivity contribution < 1.29 is 4.39 Å². The molecular formula is C14H20FIN2. The van der Waals surface area contributed by atoms with Gasteiger partial charge in [-0.3, -0.25) is 0 Å². The van der Waals surface area contributed by atoms with Crippen LogP contribution in [0.15, 0.2) is 18.2 Å². The van der Waals surface area contributed by atoms with E-state index in [2.05, 4.69) is 53.6 Å². The maximum absolute atomic E-state index is 13.2. The van der Waals surface area contributed by atoms with Crippen molar-refractivity contribution in [3.63, 3.8) is 0 Å². The molecule has 2 rings (SSSR count). The Bertz CT molecular complexity index is 434. The highest BCUT2D eigenvalue weighted by Crippen LogP contribution is 2.29. The van der Waals surface area contributed by atoms with Crippen LogP contribution in [-0.2, 0) is 0 Å². The standard InChI is InChI=1S/C14H20FIN2/c1-4-11-8-17-14(2,3)9-18(11)13-6-5-10(15)7-12(13)16/h5-7,11,17H,4,8-9H2,1-3H3. The molecule has 1 aliphatic heterocycles. The van der Waals surface area contributed by atoms with Crippen molar-refractivity contribution in [1.82, 2.24) is 5.32 Å². The van der Waals surface area contributed by atoms with E-state index in [9.17, 15) is 4.39 Å². The Morgan fingerprint density at radius 3 is 2.83 bits per heavy atom. The molecule has 1 saturated heterocycles. The Balaban J connectivity index is 2.32. The number of hydrogen-bond acceptors (Lipinski definition) is 2. The molecule has 1 atom stereocenters. The summed E-state index contributed by atoms with van der Waals surface area (Å²) in [5, 5.41) is 3.57. The minimum atomic E-state index is -0.161. The lowest BCUT2D eigenvalue weighted by Gasteiger charge is -2.46. The van der Waals surface area contributed by atoms with E-state index in [1.165, 1.54) is 0 Å². The number of hydrogen-bond donors (Lipinski definition) is 1. The van der Waals surface area contributed by atoms with E-state index in [0.29, 0.717) is 6.04 Å². The number of anilines is 1. The van der Waals surface area contributed by atoms with E-state index >= 15 is 0 Å². The van der Waals surface area contributed by atoms with E-state index in [-0.39, 0.29) is 11.4 Å². The van der Waals surface area contributed by atoms with Crippen molar-refractivity contribution in [2.75, 3.05) is 18.0 Å². The van der Waals surface area contributed by atoms with E-state index in [4.69, 9.17) is 0 Å². The molecule has 18 heavy (non-hydrogen) atoms. The molecule has 2 nitrogen and oxygen atoms in total. The van der Waals surface area contributed by atoms with Gasteiger partial charge in [0.05, 0.1) is 5.69 Å². The van der Waals surface area contributed by atoms with E-state index in [1.54, 1.807) is 12.1 Å². The second-order valence-corrected chi connectivity index (χ2v) is 6.71. The SMILES string of the molecule is CCC1CNC(C)(C)CN1c1ccc(F)cc1I. The Morgan fingerprint density at radius 1 is 1.50 bits per heavy atom. The predicted molar refractivity (Wildman–Crippen MR) is 82.6 cm³/mol. The fourth-order valence-electron chi connectivity index (χ4n) is 2.48. The average Bonchev–Trinajstić information content (AvgIpc) is 2.28. The lowest BCUT2D eigenvalue weighted by molar-refractivity contribution is 0.306. The predicted octanol–water partition coefficient (Wildman–Crippen LogP) is 3.40. The fraction of sp³-hybridized carbons (Fsp3) is 0.571. The number of nitrogens with one attached hydrogen (secondary N) is 1. The van der Waals surface area contributed by atoms with Crippen LogP contribution in [0.4, 0.5) is 10.1 Å². The summed E-state index contributed by atoms with van der Waals surface area (Å²) in [6.45, 7) is 8.56. The van der Waals surface area contributed by atoms with Gasteiger partial charge in [-0.25, -0.2) is 4.39 Å². The highest BCUT2D eigenvalue weighted by molar-refractivity contribution is 14.1. The highest BCUT2D eigenvalue weighted by atomic mass is 127. The first-order chi connectivity index (χ1) is 8.43. The van der Waals surface area contributed by atoms with Crippen LogP contribution in [0.5, 0.6) is 0 Å². The molecule has 0 saturated carbocycles. The van der Waals surface area contributed by atoms with Gasteiger partial charge in [0.2, 0.25) is 0 Å². The summed E-state index contributed by atoms with van der Waals surface area (Å²) in [6.07, 6.45) is 1.09. The molecule has 100 valence electrons. The number of nitrogens with zero attached hydrogens (tertiary/aromatic N) is 1. The van der Waals surface area contributed by atoms with Gasteiger partial charge in [0.25, 0.3) is 0 Å². The molecule has 1 aliphatic rings. The van der Waals surface area contributed by atoms with Gasteiger partial charge < -0.3 is 10.2 Å². The van der Waals surface area contributed by atoms with Gasteiger partial charge in [0.1, 0.15) is 5.82 Å². The Morgan fingerprint density at radius 2 is 2.22 bits per heavy atom. The molecule has 1 fully saturated rings. The minimum Gasteiger partial charge on any atom is -0.365 e. The van der Waals surface area contributed by atoms with Crippen molar-refractivity contribution in [2.24, 2.45) is 0 Å². The lowest BCUT2D eigenvalue weighted by Crippen LogP contribution is -2.61. The van der Waals surface area contributed by atoms with E-state index in [1.807, 2.05) is 6.07 Å². The number of halogens is 2. The topological polar surface area (TPSA) is 15.3 Å². The third-order valence-electron chi connectivity index (χ3n) is 3.51. The molecule has 1 N–H and O–H groups in total. The third-order valence-corrected chi connectivity index (χ3v) is 4.38. The molecular weight excluding hydrogens is 342 g/mol. The molecule has 0 bridgehead atoms. The van der Waals surface area contributed by atoms with Crippen LogP contribution in [0.1, 0.15) is 27.2 Å². The van der Waals surface area contributed by atoms with Crippen molar-refractivity contribution in [3.05, 3.63) is 27.6 Å². The molecule has 0 aliphatic carbocycles. The summed E-state index contributed by atoms with van der Waals surface area (Å²) >= 11 is 2.22. The van der Waals surface area contributed by atoms with Crippen LogP contribution in [0.3, 0.4) is 0 Å². The van der Waals surface area contributed by atoms with Crippen LogP contribution in [-0.4, -0.2) is 24.7 Å². The Kier molecular flexibility index (Phi) is 4.16. The highest BCUT2D eigenvalue weighted by Gasteiger charge is 2.32. The first-order valence-corrected chi connectivity index (χ1v) is 7.47. The van der Waals surface area contributed by atoms with Crippen LogP contribution >= 0.6 is 22.6 Å². The molecule has 0 amide bonds. The van der Waals surface area contributed by atoms with Crippen LogP contribution in [0.25, 0.3) is 0 Å². The number of benzene rings is 1. The summed E-state index contributed by atoms with van der Waals surface area (Å²) in [5.74, 6) is -0.161. The van der Waals surface area contributed by atoms with Gasteiger partial charge in [-0.2, -0.15) is 0 Å². The zero-order valence-corrected chi connectivity index (χ0v) is 13.3. The summed E-state index contributed by atoms with van der Waals surface area (Å²) < 4.78 is 14.2. The first-order valence-electron chi connectivity index (χ1n) is 6.39. The average molecular weight is 362 g/mol. The Hall–Kier alpha value is -0.360. The molecule has 0 aromatic heterocycles. The van der Waals surface area contributed by atoms with Crippen LogP contribution in [0, 0.1) is 9.39 Å². The summed E-state index contributed by atoms with van der Waals surface area (Å²) in [4.78, 5) is 2.41. The molecule has 0 spiro atoms. The van der Waals surface area contributed by atoms with Crippen LogP contribution < -0.4 is 10.2 Å². The lowest BCUT2D eigenvalue weighted by atomic mass is 9.97. The second kappa shape index (κ2) is 5.33. The van der Waals surface area contributed by atoms with Crippen molar-refractivity contribution in [3.8, 4) is 0 Å².